The monoisotopic (exact) mass is 193 g/mol. The van der Waals surface area contributed by atoms with Crippen LogP contribution in [0, 0.1) is 0 Å². The summed E-state index contributed by atoms with van der Waals surface area (Å²) in [4.78, 5) is 14.8. The summed E-state index contributed by atoms with van der Waals surface area (Å²) in [5.41, 5.74) is 0.840. The summed E-state index contributed by atoms with van der Waals surface area (Å²) in [5.74, 6) is 0.337. The van der Waals surface area contributed by atoms with Crippen molar-refractivity contribution in [1.82, 2.24) is 0 Å². The lowest BCUT2D eigenvalue weighted by molar-refractivity contribution is -0.140. The van der Waals surface area contributed by atoms with Crippen molar-refractivity contribution in [3.8, 4) is 5.75 Å². The van der Waals surface area contributed by atoms with Crippen molar-refractivity contribution in [1.29, 1.82) is 0 Å². The van der Waals surface area contributed by atoms with Gasteiger partial charge in [-0.05, 0) is 29.8 Å². The van der Waals surface area contributed by atoms with E-state index in [0.717, 1.165) is 11.3 Å². The number of carbonyl (C=O) groups excluding carboxylic acids is 1. The molecule has 0 aliphatic rings. The molecule has 0 saturated heterocycles. The van der Waals surface area contributed by atoms with E-state index >= 15 is 0 Å². The Balaban J connectivity index is 2.59. The summed E-state index contributed by atoms with van der Waals surface area (Å²) in [7, 11) is 1.60. The molecule has 74 valence electrons. The molecule has 0 aliphatic heterocycles. The van der Waals surface area contributed by atoms with Crippen LogP contribution in [0.4, 0.5) is 0 Å². The fourth-order valence-electron chi connectivity index (χ4n) is 0.851. The number of benzene rings is 1. The summed E-state index contributed by atoms with van der Waals surface area (Å²) >= 11 is 0. The van der Waals surface area contributed by atoms with Crippen molar-refractivity contribution >= 4 is 12.2 Å². The minimum atomic E-state index is -0.435. The van der Waals surface area contributed by atoms with E-state index in [0.29, 0.717) is 0 Å². The molecule has 4 heteroatoms. The lowest BCUT2D eigenvalue weighted by atomic mass is 10.2. The van der Waals surface area contributed by atoms with Crippen LogP contribution in [0.15, 0.2) is 29.4 Å². The molecule has 1 rings (SSSR count). The van der Waals surface area contributed by atoms with Crippen LogP contribution in [0.25, 0.3) is 0 Å². The number of hydrogen-bond acceptors (Lipinski definition) is 4. The number of ether oxygens (including phenoxy) is 1. The van der Waals surface area contributed by atoms with Crippen LogP contribution >= 0.6 is 0 Å². The Labute approximate surface area is 82.1 Å². The fraction of sp³-hybridized carbons (Fsp3) is 0.200. The second-order valence-corrected chi connectivity index (χ2v) is 2.59. The van der Waals surface area contributed by atoms with Gasteiger partial charge in [0.05, 0.1) is 13.3 Å². The molecule has 0 atom stereocenters. The molecule has 0 bridgehead atoms. The average molecular weight is 193 g/mol. The van der Waals surface area contributed by atoms with Crippen LogP contribution in [-0.2, 0) is 9.63 Å². The third-order valence-corrected chi connectivity index (χ3v) is 1.50. The average Bonchev–Trinajstić information content (AvgIpc) is 2.18. The van der Waals surface area contributed by atoms with Gasteiger partial charge < -0.3 is 9.57 Å². The Morgan fingerprint density at radius 3 is 2.50 bits per heavy atom. The maximum absolute atomic E-state index is 10.4. The molecular weight excluding hydrogens is 182 g/mol. The van der Waals surface area contributed by atoms with Gasteiger partial charge in [0.2, 0.25) is 0 Å². The van der Waals surface area contributed by atoms with Gasteiger partial charge in [-0.3, -0.25) is 0 Å². The van der Waals surface area contributed by atoms with E-state index in [1.807, 2.05) is 12.1 Å². The molecule has 0 aromatic heterocycles. The number of carbonyl (C=O) groups is 1. The first-order chi connectivity index (χ1) is 6.72. The lowest BCUT2D eigenvalue weighted by Gasteiger charge is -1.98. The molecule has 0 spiro atoms. The summed E-state index contributed by atoms with van der Waals surface area (Å²) in [6.45, 7) is 1.30. The molecule has 1 aromatic carbocycles. The highest BCUT2D eigenvalue weighted by atomic mass is 16.7. The van der Waals surface area contributed by atoms with Gasteiger partial charge in [-0.2, -0.15) is 0 Å². The third-order valence-electron chi connectivity index (χ3n) is 1.50. The molecule has 0 unspecified atom stereocenters. The summed E-state index contributed by atoms with van der Waals surface area (Å²) < 4.78 is 4.98. The van der Waals surface area contributed by atoms with Gasteiger partial charge in [-0.25, -0.2) is 4.79 Å². The van der Waals surface area contributed by atoms with E-state index < -0.39 is 5.97 Å². The Bertz CT molecular complexity index is 330. The third kappa shape index (κ3) is 3.26. The van der Waals surface area contributed by atoms with E-state index in [4.69, 9.17) is 4.74 Å². The number of methoxy groups -OCH3 is 1. The van der Waals surface area contributed by atoms with Crippen LogP contribution in [0.2, 0.25) is 0 Å². The normalized spacial score (nSPS) is 10.1. The minimum absolute atomic E-state index is 0.435. The molecule has 0 heterocycles. The molecule has 0 fully saturated rings. The quantitative estimate of drug-likeness (QED) is 0.416. The summed E-state index contributed by atoms with van der Waals surface area (Å²) in [5, 5.41) is 3.48. The Hall–Kier alpha value is -1.84. The molecule has 0 aliphatic carbocycles. The number of rotatable bonds is 3. The fourth-order valence-corrected chi connectivity index (χ4v) is 0.851. The van der Waals surface area contributed by atoms with E-state index in [-0.39, 0.29) is 0 Å². The zero-order chi connectivity index (χ0) is 10.4. The largest absolute Gasteiger partial charge is 0.497 e. The number of hydrogen-bond donors (Lipinski definition) is 0. The molecule has 1 aromatic rings. The first kappa shape index (κ1) is 10.2. The molecule has 4 nitrogen and oxygen atoms in total. The molecule has 0 saturated carbocycles. The van der Waals surface area contributed by atoms with Crippen LogP contribution in [-0.4, -0.2) is 19.3 Å². The zero-order valence-corrected chi connectivity index (χ0v) is 8.06. The zero-order valence-electron chi connectivity index (χ0n) is 8.06. The first-order valence-electron chi connectivity index (χ1n) is 4.07. The highest BCUT2D eigenvalue weighted by Gasteiger charge is 1.91. The van der Waals surface area contributed by atoms with E-state index in [9.17, 15) is 4.79 Å². The lowest BCUT2D eigenvalue weighted by Crippen LogP contribution is -1.91. The predicted molar refractivity (Wildman–Crippen MR) is 52.4 cm³/mol. The van der Waals surface area contributed by atoms with Crippen LogP contribution < -0.4 is 4.74 Å². The number of oxime groups is 1. The minimum Gasteiger partial charge on any atom is -0.497 e. The van der Waals surface area contributed by atoms with Gasteiger partial charge in [-0.15, -0.1) is 0 Å². The van der Waals surface area contributed by atoms with Crippen molar-refractivity contribution in [3.05, 3.63) is 29.8 Å². The maximum atomic E-state index is 10.4. The molecular formula is C10H11NO3. The van der Waals surface area contributed by atoms with Gasteiger partial charge >= 0.3 is 5.97 Å². The van der Waals surface area contributed by atoms with Crippen molar-refractivity contribution in [2.45, 2.75) is 6.92 Å². The van der Waals surface area contributed by atoms with Gasteiger partial charge in [0, 0.05) is 6.92 Å². The highest BCUT2D eigenvalue weighted by Crippen LogP contribution is 2.09. The first-order valence-corrected chi connectivity index (χ1v) is 4.07. The van der Waals surface area contributed by atoms with Crippen LogP contribution in [0.1, 0.15) is 12.5 Å². The van der Waals surface area contributed by atoms with Crippen molar-refractivity contribution < 1.29 is 14.4 Å². The van der Waals surface area contributed by atoms with Crippen molar-refractivity contribution in [2.75, 3.05) is 7.11 Å². The standard InChI is InChI=1S/C10H11NO3/c1-8(12)14-11-7-9-3-5-10(13-2)6-4-9/h3-7H,1-2H3/b11-7-. The van der Waals surface area contributed by atoms with Crippen LogP contribution in [0.5, 0.6) is 5.75 Å². The van der Waals surface area contributed by atoms with E-state index in [2.05, 4.69) is 9.99 Å². The topological polar surface area (TPSA) is 47.9 Å². The van der Waals surface area contributed by atoms with Crippen molar-refractivity contribution in [2.24, 2.45) is 5.16 Å². The Morgan fingerprint density at radius 1 is 1.36 bits per heavy atom. The Kier molecular flexibility index (Phi) is 3.67. The smallest absolute Gasteiger partial charge is 0.331 e. The van der Waals surface area contributed by atoms with Gasteiger partial charge in [0.25, 0.3) is 0 Å². The number of nitrogens with zero attached hydrogens (tertiary/aromatic N) is 1. The second-order valence-electron chi connectivity index (χ2n) is 2.59. The van der Waals surface area contributed by atoms with Crippen molar-refractivity contribution in [3.63, 3.8) is 0 Å². The van der Waals surface area contributed by atoms with E-state index in [1.165, 1.54) is 13.1 Å². The van der Waals surface area contributed by atoms with E-state index in [1.54, 1.807) is 19.2 Å². The van der Waals surface area contributed by atoms with Gasteiger partial charge in [-0.1, -0.05) is 5.16 Å². The highest BCUT2D eigenvalue weighted by molar-refractivity contribution is 5.80. The SMILES string of the molecule is COc1ccc(/C=N\OC(C)=O)cc1. The predicted octanol–water partition coefficient (Wildman–Crippen LogP) is 1.59. The maximum Gasteiger partial charge on any atom is 0.331 e. The van der Waals surface area contributed by atoms with Crippen LogP contribution in [0.3, 0.4) is 0 Å². The molecule has 14 heavy (non-hydrogen) atoms. The second kappa shape index (κ2) is 5.01. The molecule has 0 N–H and O–H groups in total. The van der Waals surface area contributed by atoms with Gasteiger partial charge in [0.1, 0.15) is 5.75 Å². The summed E-state index contributed by atoms with van der Waals surface area (Å²) in [6, 6.07) is 7.22. The molecule has 0 radical (unpaired) electrons. The van der Waals surface area contributed by atoms with Gasteiger partial charge in [0.15, 0.2) is 0 Å². The summed E-state index contributed by atoms with van der Waals surface area (Å²) in [6.07, 6.45) is 1.46. The Morgan fingerprint density at radius 2 is 2.00 bits per heavy atom. The molecule has 0 amide bonds.